The number of piperidine rings is 1. The Morgan fingerprint density at radius 1 is 1.23 bits per heavy atom. The van der Waals surface area contributed by atoms with Crippen LogP contribution in [0.5, 0.6) is 0 Å². The number of nitro benzene ring substituents is 1. The third kappa shape index (κ3) is 4.34. The lowest BCUT2D eigenvalue weighted by Crippen LogP contribution is -2.52. The van der Waals surface area contributed by atoms with Crippen molar-refractivity contribution >= 4 is 17.5 Å². The number of rotatable bonds is 6. The number of furan rings is 1. The van der Waals surface area contributed by atoms with Crippen molar-refractivity contribution in [3.8, 4) is 0 Å². The number of fused-ring (bicyclic) bond motifs is 1. The van der Waals surface area contributed by atoms with E-state index >= 15 is 0 Å². The first-order valence-corrected chi connectivity index (χ1v) is 9.83. The minimum absolute atomic E-state index is 0.00137. The van der Waals surface area contributed by atoms with Crippen LogP contribution in [0.1, 0.15) is 17.7 Å². The Bertz CT molecular complexity index is 914. The van der Waals surface area contributed by atoms with Gasteiger partial charge in [0.1, 0.15) is 11.8 Å². The van der Waals surface area contributed by atoms with Crippen LogP contribution in [-0.4, -0.2) is 46.8 Å². The Hall–Kier alpha value is -3.24. The molecule has 0 radical (unpaired) electrons. The van der Waals surface area contributed by atoms with Gasteiger partial charge in [0.2, 0.25) is 11.8 Å². The predicted octanol–water partition coefficient (Wildman–Crippen LogP) is 0.740. The van der Waals surface area contributed by atoms with E-state index < -0.39 is 11.0 Å². The Balaban J connectivity index is 1.34. The molecular weight excluding hydrogens is 390 g/mol. The van der Waals surface area contributed by atoms with Crippen LogP contribution in [0.4, 0.5) is 5.69 Å². The summed E-state index contributed by atoms with van der Waals surface area (Å²) in [7, 11) is 0. The molecule has 30 heavy (non-hydrogen) atoms. The molecule has 2 aromatic rings. The van der Waals surface area contributed by atoms with Crippen LogP contribution >= 0.6 is 0 Å². The summed E-state index contributed by atoms with van der Waals surface area (Å²) in [4.78, 5) is 37.5. The number of nitrogens with zero attached hydrogens (tertiary/aromatic N) is 2. The van der Waals surface area contributed by atoms with Gasteiger partial charge in [0, 0.05) is 37.2 Å². The van der Waals surface area contributed by atoms with Gasteiger partial charge in [0.05, 0.1) is 24.2 Å². The van der Waals surface area contributed by atoms with Crippen LogP contribution in [-0.2, 0) is 22.6 Å². The van der Waals surface area contributed by atoms with Crippen LogP contribution in [0.15, 0.2) is 47.1 Å². The first-order valence-electron chi connectivity index (χ1n) is 9.83. The van der Waals surface area contributed by atoms with Crippen molar-refractivity contribution in [3.05, 3.63) is 64.1 Å². The third-order valence-electron chi connectivity index (χ3n) is 5.67. The summed E-state index contributed by atoms with van der Waals surface area (Å²) >= 11 is 0. The number of benzene rings is 1. The Kier molecular flexibility index (Phi) is 5.77. The topological polar surface area (TPSA) is 130 Å². The first-order chi connectivity index (χ1) is 14.5. The smallest absolute Gasteiger partial charge is 0.269 e. The molecule has 3 N–H and O–H groups in total. The number of carbonyl (C=O) groups is 2. The molecule has 1 aromatic carbocycles. The molecule has 0 bridgehead atoms. The van der Waals surface area contributed by atoms with Crippen LogP contribution in [0, 0.1) is 16.0 Å². The van der Waals surface area contributed by atoms with E-state index in [2.05, 4.69) is 16.2 Å². The summed E-state index contributed by atoms with van der Waals surface area (Å²) in [5, 5.41) is 13.6. The minimum Gasteiger partial charge on any atom is -0.467 e. The zero-order valence-corrected chi connectivity index (χ0v) is 16.2. The van der Waals surface area contributed by atoms with Crippen LogP contribution < -0.4 is 16.2 Å². The highest BCUT2D eigenvalue weighted by atomic mass is 16.6. The molecule has 3 atom stereocenters. The number of amides is 2. The summed E-state index contributed by atoms with van der Waals surface area (Å²) in [6, 6.07) is 9.25. The van der Waals surface area contributed by atoms with Gasteiger partial charge in [-0.1, -0.05) is 12.1 Å². The van der Waals surface area contributed by atoms with E-state index in [4.69, 9.17) is 4.42 Å². The molecule has 0 spiro atoms. The van der Waals surface area contributed by atoms with Crippen molar-refractivity contribution in [2.24, 2.45) is 5.92 Å². The lowest BCUT2D eigenvalue weighted by atomic mass is 9.87. The molecule has 1 aromatic heterocycles. The average molecular weight is 413 g/mol. The van der Waals surface area contributed by atoms with Crippen LogP contribution in [0.25, 0.3) is 0 Å². The highest BCUT2D eigenvalue weighted by molar-refractivity contribution is 5.83. The highest BCUT2D eigenvalue weighted by Crippen LogP contribution is 2.25. The molecule has 0 saturated carbocycles. The van der Waals surface area contributed by atoms with Crippen LogP contribution in [0.3, 0.4) is 0 Å². The van der Waals surface area contributed by atoms with Crippen molar-refractivity contribution in [1.29, 1.82) is 0 Å². The third-order valence-corrected chi connectivity index (χ3v) is 5.67. The zero-order valence-electron chi connectivity index (χ0n) is 16.2. The van der Waals surface area contributed by atoms with E-state index in [0.29, 0.717) is 25.4 Å². The first kappa shape index (κ1) is 20.0. The van der Waals surface area contributed by atoms with Crippen molar-refractivity contribution in [2.45, 2.75) is 31.5 Å². The van der Waals surface area contributed by atoms with E-state index in [1.54, 1.807) is 35.4 Å². The van der Waals surface area contributed by atoms with Crippen LogP contribution in [0.2, 0.25) is 0 Å². The van der Waals surface area contributed by atoms with E-state index in [-0.39, 0.29) is 35.9 Å². The summed E-state index contributed by atoms with van der Waals surface area (Å²) in [5.74, 6) is 0.436. The molecule has 3 unspecified atom stereocenters. The normalized spacial score (nSPS) is 23.1. The second kappa shape index (κ2) is 8.64. The molecule has 158 valence electrons. The van der Waals surface area contributed by atoms with Gasteiger partial charge in [0.15, 0.2) is 0 Å². The summed E-state index contributed by atoms with van der Waals surface area (Å²) < 4.78 is 5.24. The molecular formula is C20H23N5O5. The largest absolute Gasteiger partial charge is 0.467 e. The van der Waals surface area contributed by atoms with Gasteiger partial charge in [-0.05, 0) is 24.1 Å². The number of non-ortho nitro benzene ring substituents is 1. The van der Waals surface area contributed by atoms with E-state index in [1.807, 2.05) is 0 Å². The van der Waals surface area contributed by atoms with Gasteiger partial charge < -0.3 is 14.6 Å². The van der Waals surface area contributed by atoms with Gasteiger partial charge in [0.25, 0.3) is 5.69 Å². The zero-order chi connectivity index (χ0) is 21.1. The van der Waals surface area contributed by atoms with Gasteiger partial charge in [-0.3, -0.25) is 25.1 Å². The summed E-state index contributed by atoms with van der Waals surface area (Å²) in [6.07, 6.45) is 2.47. The standard InChI is InChI=1S/C20H23N5O5/c26-18(10-13-3-5-14(6-4-13)25(28)29)24-8-7-17-16(12-24)19(23-22-17)20(27)21-11-15-2-1-9-30-15/h1-6,9,16-17,19,22-23H,7-8,10-12H2,(H,21,27). The fourth-order valence-corrected chi connectivity index (χ4v) is 4.01. The maximum atomic E-state index is 12.8. The number of hydrogen-bond acceptors (Lipinski definition) is 7. The lowest BCUT2D eigenvalue weighted by molar-refractivity contribution is -0.384. The molecule has 4 rings (SSSR count). The quantitative estimate of drug-likeness (QED) is 0.470. The van der Waals surface area contributed by atoms with Gasteiger partial charge >= 0.3 is 0 Å². The van der Waals surface area contributed by atoms with E-state index in [9.17, 15) is 19.7 Å². The molecule has 3 heterocycles. The number of nitro groups is 1. The van der Waals surface area contributed by atoms with E-state index in [0.717, 1.165) is 12.0 Å². The Labute approximate surface area is 172 Å². The number of hydrogen-bond donors (Lipinski definition) is 3. The second-order valence-electron chi connectivity index (χ2n) is 7.56. The SMILES string of the molecule is O=C(NCc1ccco1)C1NNC2CCN(C(=O)Cc3ccc([N+](=O)[O-])cc3)CC21. The molecule has 2 amide bonds. The molecule has 2 saturated heterocycles. The number of nitrogens with one attached hydrogen (secondary N) is 3. The minimum atomic E-state index is -0.465. The number of carbonyl (C=O) groups excluding carboxylic acids is 2. The second-order valence-corrected chi connectivity index (χ2v) is 7.56. The maximum Gasteiger partial charge on any atom is 0.269 e. The monoisotopic (exact) mass is 413 g/mol. The predicted molar refractivity (Wildman–Crippen MR) is 106 cm³/mol. The molecule has 2 aliphatic heterocycles. The Morgan fingerprint density at radius 3 is 2.73 bits per heavy atom. The van der Waals surface area contributed by atoms with Crippen molar-refractivity contribution < 1.29 is 18.9 Å². The number of likely N-dealkylation sites (tertiary alicyclic amines) is 1. The maximum absolute atomic E-state index is 12.8. The van der Waals surface area contributed by atoms with Gasteiger partial charge in [-0.15, -0.1) is 0 Å². The molecule has 2 fully saturated rings. The van der Waals surface area contributed by atoms with Gasteiger partial charge in [-0.2, -0.15) is 0 Å². The van der Waals surface area contributed by atoms with Gasteiger partial charge in [-0.25, -0.2) is 5.43 Å². The van der Waals surface area contributed by atoms with E-state index in [1.165, 1.54) is 12.1 Å². The molecule has 0 aliphatic carbocycles. The molecule has 10 nitrogen and oxygen atoms in total. The highest BCUT2D eigenvalue weighted by Gasteiger charge is 2.44. The lowest BCUT2D eigenvalue weighted by Gasteiger charge is -2.35. The fraction of sp³-hybridized carbons (Fsp3) is 0.400. The molecule has 10 heteroatoms. The Morgan fingerprint density at radius 2 is 2.03 bits per heavy atom. The fourth-order valence-electron chi connectivity index (χ4n) is 4.01. The van der Waals surface area contributed by atoms with Crippen molar-refractivity contribution in [1.82, 2.24) is 21.1 Å². The van der Waals surface area contributed by atoms with Crippen molar-refractivity contribution in [3.63, 3.8) is 0 Å². The molecule has 2 aliphatic rings. The number of hydrazine groups is 1. The van der Waals surface area contributed by atoms with Crippen molar-refractivity contribution in [2.75, 3.05) is 13.1 Å². The average Bonchev–Trinajstić information content (AvgIpc) is 3.41. The summed E-state index contributed by atoms with van der Waals surface area (Å²) in [6.45, 7) is 1.38. The summed E-state index contributed by atoms with van der Waals surface area (Å²) in [5.41, 5.74) is 6.96.